The fraction of sp³-hybridized carbons (Fsp3) is 0.600. The standard InChI is InChI=1S/C20H28FN3O2/c1-19(2,3)11-16(25)22-18-23-17-14(21)9-12(20(4,5)26)10-15(17)24(18)13-7-6-8-13/h9-10,13,26H,6-8,11H2,1-5H3,(H,22,23,25)/i1D3,2D3. The lowest BCUT2D eigenvalue weighted by Gasteiger charge is -2.29. The van der Waals surface area contributed by atoms with Crippen molar-refractivity contribution >= 4 is 22.9 Å². The van der Waals surface area contributed by atoms with E-state index in [-0.39, 0.29) is 17.5 Å². The number of hydrogen-bond donors (Lipinski definition) is 2. The smallest absolute Gasteiger partial charge is 0.227 e. The van der Waals surface area contributed by atoms with Crippen molar-refractivity contribution in [1.82, 2.24) is 9.55 Å². The summed E-state index contributed by atoms with van der Waals surface area (Å²) in [5.41, 5.74) is -2.81. The van der Waals surface area contributed by atoms with Gasteiger partial charge in [0.2, 0.25) is 11.9 Å². The zero-order valence-corrected chi connectivity index (χ0v) is 15.2. The molecular formula is C20H28FN3O2. The predicted molar refractivity (Wildman–Crippen MR) is 101 cm³/mol. The monoisotopic (exact) mass is 367 g/mol. The lowest BCUT2D eigenvalue weighted by Crippen LogP contribution is -2.24. The second-order valence-corrected chi connectivity index (χ2v) is 7.83. The fourth-order valence-electron chi connectivity index (χ4n) is 3.10. The first kappa shape index (κ1) is 12.4. The average molecular weight is 367 g/mol. The van der Waals surface area contributed by atoms with Crippen molar-refractivity contribution in [2.24, 2.45) is 5.41 Å². The van der Waals surface area contributed by atoms with Crippen LogP contribution in [-0.4, -0.2) is 20.6 Å². The van der Waals surface area contributed by atoms with Gasteiger partial charge in [-0.3, -0.25) is 10.1 Å². The van der Waals surface area contributed by atoms with Crippen LogP contribution < -0.4 is 5.32 Å². The third-order valence-electron chi connectivity index (χ3n) is 4.66. The van der Waals surface area contributed by atoms with Gasteiger partial charge >= 0.3 is 0 Å². The first-order valence-electron chi connectivity index (χ1n) is 11.7. The zero-order chi connectivity index (χ0) is 24.3. The third-order valence-corrected chi connectivity index (χ3v) is 4.66. The first-order valence-corrected chi connectivity index (χ1v) is 8.70. The number of nitrogens with zero attached hydrogens (tertiary/aromatic N) is 2. The maximum atomic E-state index is 14.8. The molecule has 1 fully saturated rings. The Bertz CT molecular complexity index is 1020. The molecule has 2 N–H and O–H groups in total. The lowest BCUT2D eigenvalue weighted by molar-refractivity contribution is -0.117. The minimum Gasteiger partial charge on any atom is -0.386 e. The van der Waals surface area contributed by atoms with Gasteiger partial charge in [-0.25, -0.2) is 9.37 Å². The number of amides is 1. The van der Waals surface area contributed by atoms with Gasteiger partial charge < -0.3 is 9.67 Å². The highest BCUT2D eigenvalue weighted by atomic mass is 19.1. The van der Waals surface area contributed by atoms with Gasteiger partial charge in [-0.15, -0.1) is 0 Å². The maximum Gasteiger partial charge on any atom is 0.227 e. The number of benzene rings is 1. The highest BCUT2D eigenvalue weighted by Gasteiger charge is 2.29. The molecule has 5 nitrogen and oxygen atoms in total. The Hall–Kier alpha value is -1.95. The molecule has 1 aliphatic rings. The van der Waals surface area contributed by atoms with Crippen LogP contribution in [0.5, 0.6) is 0 Å². The molecule has 6 heteroatoms. The fourth-order valence-corrected chi connectivity index (χ4v) is 3.10. The summed E-state index contributed by atoms with van der Waals surface area (Å²) in [5, 5.41) is 12.9. The molecule has 1 aliphatic carbocycles. The largest absolute Gasteiger partial charge is 0.386 e. The molecule has 1 aromatic heterocycles. The van der Waals surface area contributed by atoms with Crippen molar-refractivity contribution in [3.63, 3.8) is 0 Å². The number of rotatable bonds is 4. The Morgan fingerprint density at radius 3 is 2.65 bits per heavy atom. The molecular weight excluding hydrogens is 333 g/mol. The summed E-state index contributed by atoms with van der Waals surface area (Å²) in [5.74, 6) is -1.47. The van der Waals surface area contributed by atoms with Gasteiger partial charge in [0.25, 0.3) is 0 Å². The van der Waals surface area contributed by atoms with Crippen LogP contribution >= 0.6 is 0 Å². The van der Waals surface area contributed by atoms with Crippen LogP contribution in [0, 0.1) is 11.2 Å². The molecule has 0 aliphatic heterocycles. The number of nitrogens with one attached hydrogen (secondary N) is 1. The normalized spacial score (nSPS) is 20.3. The highest BCUT2D eigenvalue weighted by molar-refractivity contribution is 5.92. The van der Waals surface area contributed by atoms with Crippen molar-refractivity contribution in [2.45, 2.75) is 71.8 Å². The molecule has 1 heterocycles. The van der Waals surface area contributed by atoms with E-state index in [0.29, 0.717) is 11.1 Å². The summed E-state index contributed by atoms with van der Waals surface area (Å²) in [7, 11) is 0. The molecule has 142 valence electrons. The van der Waals surface area contributed by atoms with E-state index in [1.54, 1.807) is 10.6 Å². The van der Waals surface area contributed by atoms with Gasteiger partial charge in [-0.05, 0) is 56.2 Å². The minimum absolute atomic E-state index is 0.00889. The number of fused-ring (bicyclic) bond motifs is 1. The van der Waals surface area contributed by atoms with Crippen LogP contribution in [0.15, 0.2) is 12.1 Å². The van der Waals surface area contributed by atoms with Gasteiger partial charge in [-0.1, -0.05) is 20.6 Å². The topological polar surface area (TPSA) is 67.2 Å². The number of hydrogen-bond acceptors (Lipinski definition) is 3. The molecule has 26 heavy (non-hydrogen) atoms. The summed E-state index contributed by atoms with van der Waals surface area (Å²) in [4.78, 5) is 17.0. The van der Waals surface area contributed by atoms with Crippen molar-refractivity contribution in [3.05, 3.63) is 23.5 Å². The summed E-state index contributed by atoms with van der Waals surface area (Å²) >= 11 is 0. The number of carbonyl (C=O) groups excluding carboxylic acids is 1. The first-order chi connectivity index (χ1) is 14.5. The van der Waals surface area contributed by atoms with E-state index in [1.165, 1.54) is 19.9 Å². The van der Waals surface area contributed by atoms with E-state index in [2.05, 4.69) is 10.3 Å². The summed E-state index contributed by atoms with van der Waals surface area (Å²) in [6.45, 7) is -1.71. The number of imidazole rings is 1. The SMILES string of the molecule is [2H]C([2H])([2H])C(C)(CC(=O)Nc1nc2c(F)cc(C(C)(C)O)cc2n1C1CCC1)C([2H])([2H])[2H]. The minimum atomic E-state index is -2.91. The van der Waals surface area contributed by atoms with Crippen LogP contribution in [0.25, 0.3) is 11.0 Å². The lowest BCUT2D eigenvalue weighted by atomic mass is 9.91. The summed E-state index contributed by atoms with van der Waals surface area (Å²) < 4.78 is 62.5. The Morgan fingerprint density at radius 2 is 2.12 bits per heavy atom. The van der Waals surface area contributed by atoms with Gasteiger partial charge in [0.05, 0.1) is 11.1 Å². The number of halogens is 1. The molecule has 0 atom stereocenters. The van der Waals surface area contributed by atoms with E-state index in [1.807, 2.05) is 0 Å². The van der Waals surface area contributed by atoms with Gasteiger partial charge in [0.1, 0.15) is 5.52 Å². The van der Waals surface area contributed by atoms with Gasteiger partial charge in [0, 0.05) is 20.7 Å². The summed E-state index contributed by atoms with van der Waals surface area (Å²) in [6, 6.07) is 2.75. The van der Waals surface area contributed by atoms with Crippen LogP contribution in [0.4, 0.5) is 10.3 Å². The van der Waals surface area contributed by atoms with E-state index < -0.39 is 42.9 Å². The Labute approximate surface area is 162 Å². The molecule has 0 radical (unpaired) electrons. The molecule has 0 saturated heterocycles. The van der Waals surface area contributed by atoms with Crippen LogP contribution in [0.2, 0.25) is 0 Å². The molecule has 1 aromatic carbocycles. The Morgan fingerprint density at radius 1 is 1.42 bits per heavy atom. The van der Waals surface area contributed by atoms with Gasteiger partial charge in [0.15, 0.2) is 5.82 Å². The molecule has 0 bridgehead atoms. The number of anilines is 1. The highest BCUT2D eigenvalue weighted by Crippen LogP contribution is 2.39. The van der Waals surface area contributed by atoms with E-state index >= 15 is 0 Å². The molecule has 1 saturated carbocycles. The molecule has 0 unspecified atom stereocenters. The molecule has 0 spiro atoms. The third kappa shape index (κ3) is 3.75. The molecule has 2 aromatic rings. The van der Waals surface area contributed by atoms with Gasteiger partial charge in [-0.2, -0.15) is 0 Å². The van der Waals surface area contributed by atoms with Crippen LogP contribution in [0.3, 0.4) is 0 Å². The van der Waals surface area contributed by atoms with E-state index in [9.17, 15) is 14.3 Å². The van der Waals surface area contributed by atoms with E-state index in [0.717, 1.165) is 26.2 Å². The summed E-state index contributed by atoms with van der Waals surface area (Å²) in [6.07, 6.45) is 1.72. The Balaban J connectivity index is 2.03. The zero-order valence-electron chi connectivity index (χ0n) is 21.2. The van der Waals surface area contributed by atoms with Crippen LogP contribution in [0.1, 0.15) is 80.0 Å². The second kappa shape index (κ2) is 6.34. The predicted octanol–water partition coefficient (Wildman–Crippen LogP) is 4.50. The van der Waals surface area contributed by atoms with Crippen molar-refractivity contribution in [1.29, 1.82) is 0 Å². The van der Waals surface area contributed by atoms with Crippen molar-refractivity contribution in [2.75, 3.05) is 5.32 Å². The molecule has 1 amide bonds. The quantitative estimate of drug-likeness (QED) is 0.836. The van der Waals surface area contributed by atoms with Crippen molar-refractivity contribution < 1.29 is 22.5 Å². The second-order valence-electron chi connectivity index (χ2n) is 7.83. The number of aromatic nitrogens is 2. The average Bonchev–Trinajstić information content (AvgIpc) is 2.89. The maximum absolute atomic E-state index is 14.8. The van der Waals surface area contributed by atoms with E-state index in [4.69, 9.17) is 8.22 Å². The van der Waals surface area contributed by atoms with Crippen LogP contribution in [-0.2, 0) is 10.4 Å². The number of carbonyl (C=O) groups is 1. The Kier molecular flexibility index (Phi) is 3.03. The van der Waals surface area contributed by atoms with Crippen molar-refractivity contribution in [3.8, 4) is 0 Å². The molecule has 3 rings (SSSR count). The number of aliphatic hydroxyl groups is 1.